The first kappa shape index (κ1) is 22.6. The zero-order valence-electron chi connectivity index (χ0n) is 19.4. The van der Waals surface area contributed by atoms with Gasteiger partial charge in [0.2, 0.25) is 5.91 Å². The molecule has 7 heteroatoms. The van der Waals surface area contributed by atoms with E-state index in [4.69, 9.17) is 9.47 Å². The number of ether oxygens (including phenoxy) is 2. The maximum atomic E-state index is 12.9. The van der Waals surface area contributed by atoms with Crippen molar-refractivity contribution in [1.82, 2.24) is 19.7 Å². The monoisotopic (exact) mass is 438 g/mol. The van der Waals surface area contributed by atoms with E-state index < -0.39 is 0 Å². The van der Waals surface area contributed by atoms with Crippen LogP contribution in [0.4, 0.5) is 0 Å². The molecule has 1 aromatic heterocycles. The van der Waals surface area contributed by atoms with Crippen molar-refractivity contribution in [3.8, 4) is 11.5 Å². The SMILES string of the molecule is COc1ccc2c(c1)OC(C)CN(CCC(=O)N1CCN(Cc3ncccc3C)CC1)C2. The van der Waals surface area contributed by atoms with Crippen molar-refractivity contribution >= 4 is 5.91 Å². The van der Waals surface area contributed by atoms with E-state index in [1.165, 1.54) is 5.56 Å². The average molecular weight is 439 g/mol. The van der Waals surface area contributed by atoms with Crippen LogP contribution >= 0.6 is 0 Å². The van der Waals surface area contributed by atoms with E-state index >= 15 is 0 Å². The molecule has 4 rings (SSSR count). The van der Waals surface area contributed by atoms with Gasteiger partial charge < -0.3 is 14.4 Å². The number of methoxy groups -OCH3 is 1. The molecule has 1 atom stereocenters. The molecule has 0 spiro atoms. The van der Waals surface area contributed by atoms with Gasteiger partial charge in [-0.2, -0.15) is 0 Å². The summed E-state index contributed by atoms with van der Waals surface area (Å²) in [6, 6.07) is 10.1. The van der Waals surface area contributed by atoms with Gasteiger partial charge in [-0.1, -0.05) is 12.1 Å². The Morgan fingerprint density at radius 2 is 2.00 bits per heavy atom. The van der Waals surface area contributed by atoms with Gasteiger partial charge in [-0.25, -0.2) is 0 Å². The molecule has 0 bridgehead atoms. The lowest BCUT2D eigenvalue weighted by Crippen LogP contribution is -2.49. The van der Waals surface area contributed by atoms with Crippen molar-refractivity contribution in [2.75, 3.05) is 46.4 Å². The van der Waals surface area contributed by atoms with E-state index in [0.717, 1.165) is 75.1 Å². The molecule has 1 fully saturated rings. The molecule has 0 aliphatic carbocycles. The minimum atomic E-state index is 0.0667. The molecule has 2 aliphatic rings. The van der Waals surface area contributed by atoms with Gasteiger partial charge in [0.25, 0.3) is 0 Å². The summed E-state index contributed by atoms with van der Waals surface area (Å²) in [6.45, 7) is 10.7. The van der Waals surface area contributed by atoms with Gasteiger partial charge in [0.05, 0.1) is 12.8 Å². The molecule has 0 radical (unpaired) electrons. The lowest BCUT2D eigenvalue weighted by molar-refractivity contribution is -0.133. The summed E-state index contributed by atoms with van der Waals surface area (Å²) in [6.07, 6.45) is 2.46. The summed E-state index contributed by atoms with van der Waals surface area (Å²) in [5.74, 6) is 1.92. The van der Waals surface area contributed by atoms with Gasteiger partial charge in [-0.3, -0.25) is 19.6 Å². The van der Waals surface area contributed by atoms with E-state index in [1.807, 2.05) is 29.3 Å². The molecular weight excluding hydrogens is 404 g/mol. The Labute approximate surface area is 190 Å². The molecule has 172 valence electrons. The zero-order chi connectivity index (χ0) is 22.5. The van der Waals surface area contributed by atoms with Gasteiger partial charge in [-0.05, 0) is 31.5 Å². The quantitative estimate of drug-likeness (QED) is 0.691. The number of carbonyl (C=O) groups excluding carboxylic acids is 1. The number of piperazine rings is 1. The number of hydrogen-bond donors (Lipinski definition) is 0. The molecule has 1 aromatic carbocycles. The van der Waals surface area contributed by atoms with Gasteiger partial charge in [0.1, 0.15) is 17.6 Å². The largest absolute Gasteiger partial charge is 0.497 e. The minimum absolute atomic E-state index is 0.0667. The van der Waals surface area contributed by atoms with Crippen molar-refractivity contribution < 1.29 is 14.3 Å². The highest BCUT2D eigenvalue weighted by atomic mass is 16.5. The van der Waals surface area contributed by atoms with Crippen LogP contribution in [0, 0.1) is 6.92 Å². The molecule has 7 nitrogen and oxygen atoms in total. The Balaban J connectivity index is 1.26. The third-order valence-electron chi connectivity index (χ3n) is 6.37. The summed E-state index contributed by atoms with van der Waals surface area (Å²) in [7, 11) is 1.67. The van der Waals surface area contributed by atoms with Crippen molar-refractivity contribution in [3.05, 3.63) is 53.3 Å². The number of pyridine rings is 1. The zero-order valence-corrected chi connectivity index (χ0v) is 19.4. The summed E-state index contributed by atoms with van der Waals surface area (Å²) < 4.78 is 11.4. The standard InChI is InChI=1S/C25H34N4O3/c1-19-5-4-9-26-23(19)18-27-11-13-29(14-12-27)25(30)8-10-28-16-20(2)32-24-15-22(31-3)7-6-21(24)17-28/h4-7,9,15,20H,8,10-14,16-18H2,1-3H3. The number of aromatic nitrogens is 1. The Hall–Kier alpha value is -2.64. The van der Waals surface area contributed by atoms with E-state index in [-0.39, 0.29) is 12.0 Å². The smallest absolute Gasteiger partial charge is 0.223 e. The van der Waals surface area contributed by atoms with Crippen LogP contribution in [-0.2, 0) is 17.9 Å². The number of carbonyl (C=O) groups is 1. The van der Waals surface area contributed by atoms with Crippen LogP contribution < -0.4 is 9.47 Å². The fraction of sp³-hybridized carbons (Fsp3) is 0.520. The first-order valence-corrected chi connectivity index (χ1v) is 11.5. The maximum Gasteiger partial charge on any atom is 0.223 e. The highest BCUT2D eigenvalue weighted by Crippen LogP contribution is 2.29. The van der Waals surface area contributed by atoms with Crippen molar-refractivity contribution in [1.29, 1.82) is 0 Å². The molecule has 2 aromatic rings. The maximum absolute atomic E-state index is 12.9. The van der Waals surface area contributed by atoms with E-state index in [2.05, 4.69) is 40.8 Å². The second kappa shape index (κ2) is 10.3. The van der Waals surface area contributed by atoms with Crippen molar-refractivity contribution in [3.63, 3.8) is 0 Å². The molecule has 2 aliphatic heterocycles. The van der Waals surface area contributed by atoms with Crippen LogP contribution in [0.5, 0.6) is 11.5 Å². The number of hydrogen-bond acceptors (Lipinski definition) is 6. The highest BCUT2D eigenvalue weighted by molar-refractivity contribution is 5.76. The van der Waals surface area contributed by atoms with E-state index in [0.29, 0.717) is 6.42 Å². The van der Waals surface area contributed by atoms with E-state index in [1.54, 1.807) is 7.11 Å². The van der Waals surface area contributed by atoms with Crippen LogP contribution in [0.25, 0.3) is 0 Å². The summed E-state index contributed by atoms with van der Waals surface area (Å²) in [4.78, 5) is 24.1. The summed E-state index contributed by atoms with van der Waals surface area (Å²) in [5, 5.41) is 0. The van der Waals surface area contributed by atoms with Crippen molar-refractivity contribution in [2.24, 2.45) is 0 Å². The molecular formula is C25H34N4O3. The second-order valence-corrected chi connectivity index (χ2v) is 8.81. The lowest BCUT2D eigenvalue weighted by Gasteiger charge is -2.35. The van der Waals surface area contributed by atoms with Gasteiger partial charge in [0.15, 0.2) is 0 Å². The number of fused-ring (bicyclic) bond motifs is 1. The fourth-order valence-electron chi connectivity index (χ4n) is 4.46. The van der Waals surface area contributed by atoms with Crippen LogP contribution in [0.15, 0.2) is 36.5 Å². The Morgan fingerprint density at radius 3 is 2.75 bits per heavy atom. The second-order valence-electron chi connectivity index (χ2n) is 8.81. The highest BCUT2D eigenvalue weighted by Gasteiger charge is 2.24. The lowest BCUT2D eigenvalue weighted by atomic mass is 10.1. The number of aryl methyl sites for hydroxylation is 1. The minimum Gasteiger partial charge on any atom is -0.497 e. The van der Waals surface area contributed by atoms with Crippen molar-refractivity contribution in [2.45, 2.75) is 39.5 Å². The third kappa shape index (κ3) is 5.58. The average Bonchev–Trinajstić information content (AvgIpc) is 2.96. The summed E-state index contributed by atoms with van der Waals surface area (Å²) >= 11 is 0. The Kier molecular flexibility index (Phi) is 7.27. The molecule has 1 unspecified atom stereocenters. The van der Waals surface area contributed by atoms with E-state index in [9.17, 15) is 4.79 Å². The number of rotatable bonds is 6. The van der Waals surface area contributed by atoms with Gasteiger partial charge in [-0.15, -0.1) is 0 Å². The molecule has 32 heavy (non-hydrogen) atoms. The number of amides is 1. The first-order chi connectivity index (χ1) is 15.5. The van der Waals surface area contributed by atoms with Gasteiger partial charge in [0, 0.05) is 76.6 Å². The molecule has 3 heterocycles. The predicted octanol–water partition coefficient (Wildman–Crippen LogP) is 2.72. The third-order valence-corrected chi connectivity index (χ3v) is 6.37. The number of nitrogens with zero attached hydrogens (tertiary/aromatic N) is 4. The van der Waals surface area contributed by atoms with Crippen LogP contribution in [0.3, 0.4) is 0 Å². The van der Waals surface area contributed by atoms with Crippen LogP contribution in [-0.4, -0.2) is 78.1 Å². The summed E-state index contributed by atoms with van der Waals surface area (Å²) in [5.41, 5.74) is 3.49. The number of benzene rings is 1. The molecule has 1 saturated heterocycles. The normalized spacial score (nSPS) is 19.7. The van der Waals surface area contributed by atoms with Crippen LogP contribution in [0.2, 0.25) is 0 Å². The van der Waals surface area contributed by atoms with Gasteiger partial charge >= 0.3 is 0 Å². The molecule has 0 N–H and O–H groups in total. The van der Waals surface area contributed by atoms with Crippen LogP contribution in [0.1, 0.15) is 30.2 Å². The predicted molar refractivity (Wildman–Crippen MR) is 124 cm³/mol. The molecule has 0 saturated carbocycles. The Bertz CT molecular complexity index is 927. The first-order valence-electron chi connectivity index (χ1n) is 11.5. The Morgan fingerprint density at radius 1 is 1.19 bits per heavy atom. The topological polar surface area (TPSA) is 58.1 Å². The fourth-order valence-corrected chi connectivity index (χ4v) is 4.46. The molecule has 1 amide bonds.